The molecule has 42 heavy (non-hydrogen) atoms. The minimum atomic E-state index is -4.88. The summed E-state index contributed by atoms with van der Waals surface area (Å²) >= 11 is 0. The summed E-state index contributed by atoms with van der Waals surface area (Å²) in [4.78, 5) is 30.5. The number of imide groups is 1. The number of amides is 3. The van der Waals surface area contributed by atoms with Crippen LogP contribution in [-0.4, -0.2) is 46.7 Å². The minimum absolute atomic E-state index is 0.0636. The van der Waals surface area contributed by atoms with Crippen molar-refractivity contribution in [1.82, 2.24) is 20.4 Å². The first kappa shape index (κ1) is 29.5. The van der Waals surface area contributed by atoms with E-state index in [-0.39, 0.29) is 52.0 Å². The van der Waals surface area contributed by atoms with E-state index in [0.717, 1.165) is 36.3 Å². The molecule has 1 spiro atoms. The first-order valence-corrected chi connectivity index (χ1v) is 15.1. The largest absolute Gasteiger partial charge is 0.455 e. The molecule has 10 nitrogen and oxygen atoms in total. The van der Waals surface area contributed by atoms with Crippen LogP contribution in [0, 0.1) is 5.92 Å². The van der Waals surface area contributed by atoms with Crippen LogP contribution in [0.3, 0.4) is 0 Å². The van der Waals surface area contributed by atoms with Gasteiger partial charge in [-0.05, 0) is 49.1 Å². The molecule has 1 N–H and O–H groups in total. The Morgan fingerprint density at radius 3 is 2.48 bits per heavy atom. The van der Waals surface area contributed by atoms with E-state index >= 15 is 0 Å². The molecule has 1 aliphatic heterocycles. The topological polar surface area (TPSA) is 132 Å². The van der Waals surface area contributed by atoms with Crippen LogP contribution in [0.5, 0.6) is 11.5 Å². The zero-order chi connectivity index (χ0) is 30.3. The predicted molar refractivity (Wildman–Crippen MR) is 143 cm³/mol. The fourth-order valence-electron chi connectivity index (χ4n) is 5.30. The maximum absolute atomic E-state index is 14.1. The van der Waals surface area contributed by atoms with Gasteiger partial charge < -0.3 is 14.6 Å². The van der Waals surface area contributed by atoms with E-state index in [1.54, 1.807) is 13.8 Å². The van der Waals surface area contributed by atoms with Gasteiger partial charge in [0.15, 0.2) is 9.84 Å². The van der Waals surface area contributed by atoms with Crippen molar-refractivity contribution >= 4 is 21.8 Å². The standard InChI is InChI=1S/C28H29F3N4O6S/c1-17(2)16-42(38,39)22-9-5-4-8-21(22)40-20-11-10-18(14-19(20)28(29,30)31)24-32-23(41-34-24)15-35-25(36)27(33-26(35)37)12-6-3-7-13-27/h4-5,8-11,14,17H,3,6-7,12-13,15-16H2,1-2H3,(H,33,37). The molecular weight excluding hydrogens is 577 g/mol. The van der Waals surface area contributed by atoms with E-state index in [4.69, 9.17) is 9.26 Å². The lowest BCUT2D eigenvalue weighted by atomic mass is 9.82. The summed E-state index contributed by atoms with van der Waals surface area (Å²) < 4.78 is 78.8. The van der Waals surface area contributed by atoms with Crippen LogP contribution in [0.1, 0.15) is 57.4 Å². The summed E-state index contributed by atoms with van der Waals surface area (Å²) in [6.45, 7) is 3.11. The lowest BCUT2D eigenvalue weighted by Gasteiger charge is -2.30. The molecule has 1 aliphatic carbocycles. The third-order valence-electron chi connectivity index (χ3n) is 7.21. The highest BCUT2D eigenvalue weighted by Gasteiger charge is 2.51. The number of ether oxygens (including phenoxy) is 1. The second kappa shape index (κ2) is 11.0. The van der Waals surface area contributed by atoms with E-state index < -0.39 is 38.9 Å². The SMILES string of the molecule is CC(C)CS(=O)(=O)c1ccccc1Oc1ccc(-c2noc(CN3C(=O)NC4(CCCCC4)C3=O)n2)cc1C(F)(F)F. The number of para-hydroxylation sites is 1. The molecule has 1 saturated heterocycles. The number of rotatable bonds is 8. The predicted octanol–water partition coefficient (Wildman–Crippen LogP) is 5.73. The number of carbonyl (C=O) groups is 2. The Labute approximate surface area is 240 Å². The average Bonchev–Trinajstić information content (AvgIpc) is 3.47. The summed E-state index contributed by atoms with van der Waals surface area (Å²) in [5, 5.41) is 6.52. The first-order chi connectivity index (χ1) is 19.8. The van der Waals surface area contributed by atoms with Crippen molar-refractivity contribution in [3.63, 3.8) is 0 Å². The Morgan fingerprint density at radius 2 is 1.79 bits per heavy atom. The van der Waals surface area contributed by atoms with Gasteiger partial charge in [-0.1, -0.05) is 50.4 Å². The molecule has 0 radical (unpaired) electrons. The number of aromatic nitrogens is 2. The zero-order valence-electron chi connectivity index (χ0n) is 22.9. The number of nitrogens with zero attached hydrogens (tertiary/aromatic N) is 3. The second-order valence-corrected chi connectivity index (χ2v) is 12.9. The van der Waals surface area contributed by atoms with Gasteiger partial charge in [0.1, 0.15) is 28.5 Å². The van der Waals surface area contributed by atoms with E-state index in [0.29, 0.717) is 12.8 Å². The Morgan fingerprint density at radius 1 is 1.07 bits per heavy atom. The molecule has 2 heterocycles. The molecule has 1 saturated carbocycles. The Hall–Kier alpha value is -3.94. The lowest BCUT2D eigenvalue weighted by Crippen LogP contribution is -2.48. The summed E-state index contributed by atoms with van der Waals surface area (Å²) in [5.74, 6) is -1.96. The summed E-state index contributed by atoms with van der Waals surface area (Å²) in [7, 11) is -3.83. The number of carbonyl (C=O) groups excluding carboxylic acids is 2. The molecule has 224 valence electrons. The number of benzene rings is 2. The van der Waals surface area contributed by atoms with Gasteiger partial charge in [-0.25, -0.2) is 13.2 Å². The molecule has 0 atom stereocenters. The number of alkyl halides is 3. The Bertz CT molecular complexity index is 1610. The number of nitrogens with one attached hydrogen (secondary N) is 1. The maximum Gasteiger partial charge on any atom is 0.420 e. The minimum Gasteiger partial charge on any atom is -0.455 e. The summed E-state index contributed by atoms with van der Waals surface area (Å²) in [5.41, 5.74) is -2.19. The normalized spacial score (nSPS) is 17.2. The highest BCUT2D eigenvalue weighted by Crippen LogP contribution is 2.41. The fourth-order valence-corrected chi connectivity index (χ4v) is 7.06. The lowest BCUT2D eigenvalue weighted by molar-refractivity contribution is -0.138. The molecule has 5 rings (SSSR count). The first-order valence-electron chi connectivity index (χ1n) is 13.5. The highest BCUT2D eigenvalue weighted by atomic mass is 32.2. The molecule has 2 aromatic carbocycles. The quantitative estimate of drug-likeness (QED) is 0.322. The van der Waals surface area contributed by atoms with Crippen molar-refractivity contribution in [2.45, 2.75) is 69.1 Å². The molecule has 2 fully saturated rings. The van der Waals surface area contributed by atoms with Crippen molar-refractivity contribution in [2.24, 2.45) is 5.92 Å². The van der Waals surface area contributed by atoms with E-state index in [9.17, 15) is 31.2 Å². The Balaban J connectivity index is 1.40. The van der Waals surface area contributed by atoms with Crippen LogP contribution in [0.4, 0.5) is 18.0 Å². The number of halogens is 3. The average molecular weight is 607 g/mol. The van der Waals surface area contributed by atoms with Gasteiger partial charge >= 0.3 is 12.2 Å². The van der Waals surface area contributed by atoms with Gasteiger partial charge in [-0.3, -0.25) is 9.69 Å². The van der Waals surface area contributed by atoms with Crippen molar-refractivity contribution in [2.75, 3.05) is 5.75 Å². The monoisotopic (exact) mass is 606 g/mol. The Kier molecular flexibility index (Phi) is 7.77. The van der Waals surface area contributed by atoms with E-state index in [1.165, 1.54) is 30.3 Å². The van der Waals surface area contributed by atoms with Crippen molar-refractivity contribution in [1.29, 1.82) is 0 Å². The molecule has 0 unspecified atom stereocenters. The van der Waals surface area contributed by atoms with Crippen LogP contribution >= 0.6 is 0 Å². The van der Waals surface area contributed by atoms with Crippen molar-refractivity contribution < 1.29 is 40.4 Å². The van der Waals surface area contributed by atoms with E-state index in [1.807, 2.05) is 0 Å². The molecule has 0 bridgehead atoms. The summed E-state index contributed by atoms with van der Waals surface area (Å²) in [6, 6.07) is 8.01. The van der Waals surface area contributed by atoms with Crippen LogP contribution in [0.25, 0.3) is 11.4 Å². The van der Waals surface area contributed by atoms with Gasteiger partial charge in [0.25, 0.3) is 5.91 Å². The smallest absolute Gasteiger partial charge is 0.420 e. The molecular formula is C28H29F3N4O6S. The van der Waals surface area contributed by atoms with Gasteiger partial charge in [0.05, 0.1) is 11.3 Å². The van der Waals surface area contributed by atoms with Crippen LogP contribution in [0.15, 0.2) is 51.9 Å². The number of hydrogen-bond acceptors (Lipinski definition) is 8. The van der Waals surface area contributed by atoms with Gasteiger partial charge in [0, 0.05) is 5.56 Å². The zero-order valence-corrected chi connectivity index (χ0v) is 23.7. The van der Waals surface area contributed by atoms with Crippen LogP contribution in [0.2, 0.25) is 0 Å². The number of hydrogen-bond donors (Lipinski definition) is 1. The van der Waals surface area contributed by atoms with Crippen LogP contribution < -0.4 is 10.1 Å². The van der Waals surface area contributed by atoms with Crippen molar-refractivity contribution in [3.8, 4) is 22.9 Å². The van der Waals surface area contributed by atoms with Gasteiger partial charge in [-0.15, -0.1) is 0 Å². The third kappa shape index (κ3) is 5.85. The molecule has 3 aromatic rings. The molecule has 1 aromatic heterocycles. The number of urea groups is 1. The van der Waals surface area contributed by atoms with Crippen LogP contribution in [-0.2, 0) is 27.4 Å². The van der Waals surface area contributed by atoms with E-state index in [2.05, 4.69) is 15.5 Å². The molecule has 2 aliphatic rings. The van der Waals surface area contributed by atoms with Gasteiger partial charge in [-0.2, -0.15) is 18.2 Å². The molecule has 3 amide bonds. The summed E-state index contributed by atoms with van der Waals surface area (Å²) in [6.07, 6.45) is -1.21. The highest BCUT2D eigenvalue weighted by molar-refractivity contribution is 7.91. The fraction of sp³-hybridized carbons (Fsp3) is 0.429. The van der Waals surface area contributed by atoms with Gasteiger partial charge in [0.2, 0.25) is 11.7 Å². The number of sulfone groups is 1. The molecule has 14 heteroatoms. The second-order valence-electron chi connectivity index (χ2n) is 10.9. The third-order valence-corrected chi connectivity index (χ3v) is 9.33. The maximum atomic E-state index is 14.1. The van der Waals surface area contributed by atoms with Crippen molar-refractivity contribution in [3.05, 3.63) is 53.9 Å².